The van der Waals surface area contributed by atoms with Crippen LogP contribution in [0.25, 0.3) is 137 Å². The molecule has 0 aliphatic carbocycles. The van der Waals surface area contributed by atoms with E-state index in [1.807, 2.05) is 36.6 Å². The Balaban J connectivity index is 0.691. The predicted molar refractivity (Wildman–Crippen MR) is 352 cm³/mol. The molecule has 0 fully saturated rings. The second kappa shape index (κ2) is 18.1. The number of hydrogen-bond donors (Lipinski definition) is 0. The van der Waals surface area contributed by atoms with Gasteiger partial charge < -0.3 is 27.4 Å². The SMILES string of the molecule is C(=C/c1coc2ccccc12)/C=C/N(c1ccccc1)c1ccc(-c2ccc3c(c2)c2cccc4c5cc6c(cc5n3c24)c2cccc3c4cc(-c5ccc(N(c7ccccc7)c7cccc8c7oc7ccccc78)cc5)ccc4n6c32)cc1. The second-order valence-electron chi connectivity index (χ2n) is 22.0. The first kappa shape index (κ1) is 46.4. The van der Waals surface area contributed by atoms with Crippen LogP contribution in [0.15, 0.2) is 294 Å². The monoisotopic (exact) mass is 1070 g/mol. The van der Waals surface area contributed by atoms with Gasteiger partial charge in [0.05, 0.1) is 45.1 Å². The predicted octanol–water partition coefficient (Wildman–Crippen LogP) is 21.8. The first-order chi connectivity index (χ1) is 41.7. The lowest BCUT2D eigenvalue weighted by molar-refractivity contribution is 0.615. The number of benzene rings is 12. The lowest BCUT2D eigenvalue weighted by Crippen LogP contribution is -2.10. The maximum atomic E-state index is 6.58. The molecule has 12 aromatic carbocycles. The average Bonchev–Trinajstić information content (AvgIpc) is 1.76. The number of fused-ring (bicyclic) bond motifs is 16. The third-order valence-electron chi connectivity index (χ3n) is 17.5. The summed E-state index contributed by atoms with van der Waals surface area (Å²) >= 11 is 0. The molecule has 0 aliphatic heterocycles. The summed E-state index contributed by atoms with van der Waals surface area (Å²) in [6.45, 7) is 0. The van der Waals surface area contributed by atoms with Crippen molar-refractivity contribution in [1.29, 1.82) is 0 Å². The van der Waals surface area contributed by atoms with Crippen LogP contribution in [0, 0.1) is 0 Å². The fraction of sp³-hybridized carbons (Fsp3) is 0. The van der Waals surface area contributed by atoms with Crippen LogP contribution in [0.5, 0.6) is 0 Å². The fourth-order valence-electron chi connectivity index (χ4n) is 13.7. The van der Waals surface area contributed by atoms with Crippen molar-refractivity contribution >= 4 is 144 Å². The van der Waals surface area contributed by atoms with E-state index >= 15 is 0 Å². The Morgan fingerprint density at radius 1 is 0.321 bits per heavy atom. The second-order valence-corrected chi connectivity index (χ2v) is 22.0. The minimum absolute atomic E-state index is 0.871. The molecule has 0 unspecified atom stereocenters. The summed E-state index contributed by atoms with van der Waals surface area (Å²) < 4.78 is 17.4. The van der Waals surface area contributed by atoms with Crippen LogP contribution >= 0.6 is 0 Å². The number of hydrogen-bond acceptors (Lipinski definition) is 4. The third kappa shape index (κ3) is 6.92. The zero-order valence-corrected chi connectivity index (χ0v) is 45.3. The lowest BCUT2D eigenvalue weighted by Gasteiger charge is -2.25. The molecule has 6 nitrogen and oxygen atoms in total. The number of rotatable bonds is 10. The van der Waals surface area contributed by atoms with Crippen LogP contribution in [0.1, 0.15) is 5.56 Å². The van der Waals surface area contributed by atoms with Crippen molar-refractivity contribution in [1.82, 2.24) is 8.80 Å². The molecule has 0 N–H and O–H groups in total. The molecule has 392 valence electrons. The molecule has 0 radical (unpaired) electrons. The summed E-state index contributed by atoms with van der Waals surface area (Å²) in [4.78, 5) is 4.53. The Hall–Kier alpha value is -11.3. The zero-order valence-electron chi connectivity index (χ0n) is 45.3. The maximum Gasteiger partial charge on any atom is 0.159 e. The van der Waals surface area contributed by atoms with Gasteiger partial charge in [-0.25, -0.2) is 0 Å². The van der Waals surface area contributed by atoms with Crippen LogP contribution in [-0.4, -0.2) is 8.80 Å². The van der Waals surface area contributed by atoms with Crippen LogP contribution < -0.4 is 9.80 Å². The van der Waals surface area contributed by atoms with Crippen LogP contribution in [0.4, 0.5) is 28.4 Å². The van der Waals surface area contributed by atoms with Crippen molar-refractivity contribution in [3.8, 4) is 22.3 Å². The number of anilines is 5. The quantitative estimate of drug-likeness (QED) is 0.128. The summed E-state index contributed by atoms with van der Waals surface area (Å²) in [5, 5.41) is 13.4. The number of para-hydroxylation sites is 7. The molecule has 0 saturated carbocycles. The average molecular weight is 1070 g/mol. The molecule has 6 heterocycles. The van der Waals surface area contributed by atoms with Gasteiger partial charge in [0.2, 0.25) is 0 Å². The van der Waals surface area contributed by atoms with Gasteiger partial charge in [-0.1, -0.05) is 170 Å². The summed E-state index contributed by atoms with van der Waals surface area (Å²) in [5.41, 5.74) is 21.1. The lowest BCUT2D eigenvalue weighted by atomic mass is 10.0. The molecule has 0 aliphatic rings. The first-order valence-corrected chi connectivity index (χ1v) is 28.6. The van der Waals surface area contributed by atoms with Crippen molar-refractivity contribution in [3.05, 3.63) is 291 Å². The molecular formula is C78H48N4O2. The first-order valence-electron chi connectivity index (χ1n) is 28.6. The topological polar surface area (TPSA) is 41.6 Å². The van der Waals surface area contributed by atoms with Gasteiger partial charge in [0.25, 0.3) is 0 Å². The van der Waals surface area contributed by atoms with Gasteiger partial charge in [-0.05, 0) is 131 Å². The highest BCUT2D eigenvalue weighted by molar-refractivity contribution is 6.29. The van der Waals surface area contributed by atoms with E-state index in [9.17, 15) is 0 Å². The highest BCUT2D eigenvalue weighted by atomic mass is 16.3. The van der Waals surface area contributed by atoms with Gasteiger partial charge in [0.1, 0.15) is 11.2 Å². The third-order valence-corrected chi connectivity index (χ3v) is 17.5. The summed E-state index contributed by atoms with van der Waals surface area (Å²) in [6, 6.07) is 94.4. The molecule has 6 heteroatoms. The molecule has 18 aromatic rings. The molecule has 0 atom stereocenters. The van der Waals surface area contributed by atoms with Gasteiger partial charge in [-0.2, -0.15) is 0 Å². The number of allylic oxidation sites excluding steroid dienone is 2. The van der Waals surface area contributed by atoms with Gasteiger partial charge in [0, 0.05) is 93.8 Å². The number of aromatic nitrogens is 2. The molecule has 0 bridgehead atoms. The van der Waals surface area contributed by atoms with Crippen molar-refractivity contribution < 1.29 is 8.83 Å². The maximum absolute atomic E-state index is 6.58. The molecule has 0 spiro atoms. The van der Waals surface area contributed by atoms with E-state index in [0.717, 1.165) is 72.5 Å². The van der Waals surface area contributed by atoms with Gasteiger partial charge >= 0.3 is 0 Å². The Kier molecular flexibility index (Phi) is 9.99. The highest BCUT2D eigenvalue weighted by Gasteiger charge is 2.24. The van der Waals surface area contributed by atoms with E-state index in [4.69, 9.17) is 8.83 Å². The standard InChI is InChI=1S/C78H48N4O2/c1-3-17-54(18-4-1)79(43-12-11-16-53-48-83-74-29-9-7-21-58(53)74)55-37-31-49(32-38-55)51-35-41-69-65(44-51)60-23-13-25-62-67-47-73-68(46-72(67)81(69)76(60)62)63-26-14-24-61-66-45-52(36-42-70(66)82(73)77(61)63)50-33-39-57(40-34-50)80(56-19-5-2-6-20-56)71-28-15-27-64-59-22-8-10-30-75(59)84-78(64)71/h1-48H/b16-11-,43-12+. The van der Waals surface area contributed by atoms with Gasteiger partial charge in [0.15, 0.2) is 5.58 Å². The van der Waals surface area contributed by atoms with E-state index in [1.165, 1.54) is 92.9 Å². The van der Waals surface area contributed by atoms with Crippen molar-refractivity contribution in [2.24, 2.45) is 0 Å². The van der Waals surface area contributed by atoms with Crippen molar-refractivity contribution in [2.75, 3.05) is 9.80 Å². The number of furan rings is 2. The molecule has 0 amide bonds. The largest absolute Gasteiger partial charge is 0.464 e. The van der Waals surface area contributed by atoms with Gasteiger partial charge in [-0.15, -0.1) is 0 Å². The molecule has 6 aromatic heterocycles. The van der Waals surface area contributed by atoms with Crippen LogP contribution in [0.2, 0.25) is 0 Å². The van der Waals surface area contributed by atoms with Gasteiger partial charge in [-0.3, -0.25) is 0 Å². The minimum atomic E-state index is 0.871. The summed E-state index contributed by atoms with van der Waals surface area (Å²) in [6.07, 6.45) is 10.2. The molecule has 18 rings (SSSR count). The minimum Gasteiger partial charge on any atom is -0.464 e. The highest BCUT2D eigenvalue weighted by Crippen LogP contribution is 2.47. The smallest absolute Gasteiger partial charge is 0.159 e. The van der Waals surface area contributed by atoms with Crippen LogP contribution in [-0.2, 0) is 0 Å². The Morgan fingerprint density at radius 3 is 1.40 bits per heavy atom. The van der Waals surface area contributed by atoms with Crippen molar-refractivity contribution in [3.63, 3.8) is 0 Å². The van der Waals surface area contributed by atoms with Crippen molar-refractivity contribution in [2.45, 2.75) is 0 Å². The van der Waals surface area contributed by atoms with E-state index in [-0.39, 0.29) is 0 Å². The fourth-order valence-corrected chi connectivity index (χ4v) is 13.7. The normalized spacial score (nSPS) is 12.4. The van der Waals surface area contributed by atoms with E-state index in [1.54, 1.807) is 0 Å². The Morgan fingerprint density at radius 2 is 0.786 bits per heavy atom. The van der Waals surface area contributed by atoms with Crippen LogP contribution in [0.3, 0.4) is 0 Å². The molecular weight excluding hydrogens is 1020 g/mol. The molecule has 0 saturated heterocycles. The number of nitrogens with zero attached hydrogens (tertiary/aromatic N) is 4. The summed E-state index contributed by atoms with van der Waals surface area (Å²) in [7, 11) is 0. The Bertz CT molecular complexity index is 5670. The van der Waals surface area contributed by atoms with E-state index < -0.39 is 0 Å². The Labute approximate surface area is 481 Å². The zero-order chi connectivity index (χ0) is 55.0. The van der Waals surface area contributed by atoms with E-state index in [2.05, 4.69) is 274 Å². The van der Waals surface area contributed by atoms with E-state index in [0.29, 0.717) is 0 Å². The summed E-state index contributed by atoms with van der Waals surface area (Å²) in [5.74, 6) is 0. The molecule has 84 heavy (non-hydrogen) atoms.